The highest BCUT2D eigenvalue weighted by Gasteiger charge is 2.10. The van der Waals surface area contributed by atoms with Crippen LogP contribution >= 0.6 is 47.0 Å². The van der Waals surface area contributed by atoms with Crippen LogP contribution in [0.2, 0.25) is 15.1 Å². The summed E-state index contributed by atoms with van der Waals surface area (Å²) in [5.74, 6) is 1.95. The number of nitrogens with zero attached hydrogens (tertiary/aromatic N) is 1. The lowest BCUT2D eigenvalue weighted by Gasteiger charge is -2.11. The maximum Gasteiger partial charge on any atom is 0.172 e. The summed E-state index contributed by atoms with van der Waals surface area (Å²) in [6.45, 7) is 2.23. The molecule has 0 aliphatic heterocycles. The fraction of sp³-hybridized carbons (Fsp3) is 0.111. The molecule has 0 amide bonds. The van der Waals surface area contributed by atoms with Crippen LogP contribution in [-0.2, 0) is 6.54 Å². The van der Waals surface area contributed by atoms with E-state index in [2.05, 4.69) is 15.6 Å². The molecule has 0 radical (unpaired) electrons. The third-order valence-electron chi connectivity index (χ3n) is 3.65. The van der Waals surface area contributed by atoms with E-state index in [1.54, 1.807) is 0 Å². The number of anilines is 1. The third-order valence-corrected chi connectivity index (χ3v) is 4.99. The van der Waals surface area contributed by atoms with Crippen LogP contribution in [0, 0.1) is 6.92 Å². The van der Waals surface area contributed by atoms with Crippen LogP contribution in [0.1, 0.15) is 11.3 Å². The summed E-state index contributed by atoms with van der Waals surface area (Å²) in [6.07, 6.45) is 1.53. The van der Waals surface area contributed by atoms with Crippen molar-refractivity contribution in [1.82, 2.24) is 10.3 Å². The van der Waals surface area contributed by atoms with Crippen LogP contribution in [0.25, 0.3) is 11.3 Å². The van der Waals surface area contributed by atoms with Gasteiger partial charge in [0.05, 0.1) is 16.6 Å². The van der Waals surface area contributed by atoms with Crippen LogP contribution in [0.4, 0.5) is 5.82 Å². The zero-order valence-electron chi connectivity index (χ0n) is 13.6. The number of thiocarbonyl (C=S) groups is 1. The average molecular weight is 427 g/mol. The normalized spacial score (nSPS) is 10.6. The van der Waals surface area contributed by atoms with Gasteiger partial charge in [0.25, 0.3) is 0 Å². The summed E-state index contributed by atoms with van der Waals surface area (Å²) < 4.78 is 5.82. The third kappa shape index (κ3) is 4.48. The molecule has 4 nitrogen and oxygen atoms in total. The van der Waals surface area contributed by atoms with Crippen molar-refractivity contribution < 1.29 is 4.42 Å². The summed E-state index contributed by atoms with van der Waals surface area (Å²) in [5, 5.41) is 8.02. The molecule has 2 N–H and O–H groups in total. The van der Waals surface area contributed by atoms with Crippen molar-refractivity contribution >= 4 is 58.0 Å². The summed E-state index contributed by atoms with van der Waals surface area (Å²) in [4.78, 5) is 4.15. The quantitative estimate of drug-likeness (QED) is 0.494. The van der Waals surface area contributed by atoms with Crippen molar-refractivity contribution in [1.29, 1.82) is 0 Å². The lowest BCUT2D eigenvalue weighted by molar-refractivity contribution is 0.516. The van der Waals surface area contributed by atoms with Crippen molar-refractivity contribution in [2.45, 2.75) is 13.5 Å². The zero-order valence-corrected chi connectivity index (χ0v) is 16.7. The van der Waals surface area contributed by atoms with Crippen molar-refractivity contribution in [2.24, 2.45) is 0 Å². The van der Waals surface area contributed by atoms with Gasteiger partial charge in [0.1, 0.15) is 11.5 Å². The Hall–Kier alpha value is -1.79. The van der Waals surface area contributed by atoms with Gasteiger partial charge in [-0.25, -0.2) is 4.98 Å². The smallest absolute Gasteiger partial charge is 0.172 e. The Balaban J connectivity index is 1.60. The second kappa shape index (κ2) is 8.27. The number of furan rings is 1. The Kier molecular flexibility index (Phi) is 6.04. The van der Waals surface area contributed by atoms with Gasteiger partial charge in [-0.05, 0) is 61.1 Å². The average Bonchev–Trinajstić information content (AvgIpc) is 3.10. The van der Waals surface area contributed by atoms with Gasteiger partial charge in [0, 0.05) is 16.8 Å². The van der Waals surface area contributed by atoms with Crippen LogP contribution in [0.3, 0.4) is 0 Å². The Bertz CT molecular complexity index is 941. The van der Waals surface area contributed by atoms with Gasteiger partial charge in [-0.2, -0.15) is 0 Å². The molecule has 1 aromatic carbocycles. The van der Waals surface area contributed by atoms with Gasteiger partial charge >= 0.3 is 0 Å². The Morgan fingerprint density at radius 3 is 2.58 bits per heavy atom. The highest BCUT2D eigenvalue weighted by Crippen LogP contribution is 2.28. The number of halogens is 3. The molecule has 134 valence electrons. The van der Waals surface area contributed by atoms with Crippen LogP contribution in [-0.4, -0.2) is 10.1 Å². The summed E-state index contributed by atoms with van der Waals surface area (Å²) in [6, 6.07) is 11.2. The minimum absolute atomic E-state index is 0.380. The van der Waals surface area contributed by atoms with Crippen molar-refractivity contribution in [3.8, 4) is 11.3 Å². The SMILES string of the molecule is Cc1c(Cl)cnc(NC(=S)NCc2ccc(-c3ccc(Cl)cc3)o2)c1Cl. The predicted octanol–water partition coefficient (Wildman–Crippen LogP) is 6.10. The van der Waals surface area contributed by atoms with E-state index in [1.807, 2.05) is 43.3 Å². The fourth-order valence-corrected chi connectivity index (χ4v) is 2.89. The molecule has 2 aromatic heterocycles. The summed E-state index contributed by atoms with van der Waals surface area (Å²) >= 11 is 23.4. The molecule has 0 aliphatic rings. The van der Waals surface area contributed by atoms with E-state index in [-0.39, 0.29) is 0 Å². The van der Waals surface area contributed by atoms with Crippen molar-refractivity contribution in [3.05, 3.63) is 69.0 Å². The lowest BCUT2D eigenvalue weighted by atomic mass is 10.2. The molecule has 0 atom stereocenters. The Morgan fingerprint density at radius 1 is 1.12 bits per heavy atom. The van der Waals surface area contributed by atoms with Crippen molar-refractivity contribution in [2.75, 3.05) is 5.32 Å². The zero-order chi connectivity index (χ0) is 18.7. The molecule has 0 unspecified atom stereocenters. The largest absolute Gasteiger partial charge is 0.459 e. The Labute approximate surface area is 171 Å². The minimum Gasteiger partial charge on any atom is -0.459 e. The lowest BCUT2D eigenvalue weighted by Crippen LogP contribution is -2.28. The van der Waals surface area contributed by atoms with E-state index < -0.39 is 0 Å². The van der Waals surface area contributed by atoms with E-state index in [4.69, 9.17) is 51.4 Å². The summed E-state index contributed by atoms with van der Waals surface area (Å²) in [5.41, 5.74) is 1.70. The van der Waals surface area contributed by atoms with E-state index in [1.165, 1.54) is 6.20 Å². The first-order chi connectivity index (χ1) is 12.4. The van der Waals surface area contributed by atoms with E-state index in [9.17, 15) is 0 Å². The van der Waals surface area contributed by atoms with Crippen molar-refractivity contribution in [3.63, 3.8) is 0 Å². The van der Waals surface area contributed by atoms with E-state index >= 15 is 0 Å². The van der Waals surface area contributed by atoms with Gasteiger partial charge in [-0.1, -0.05) is 34.8 Å². The predicted molar refractivity (Wildman–Crippen MR) is 111 cm³/mol. The number of hydrogen-bond donors (Lipinski definition) is 2. The molecule has 0 spiro atoms. The van der Waals surface area contributed by atoms with Gasteiger partial charge in [0.15, 0.2) is 10.9 Å². The van der Waals surface area contributed by atoms with Gasteiger partial charge in [-0.3, -0.25) is 0 Å². The first-order valence-electron chi connectivity index (χ1n) is 7.64. The molecule has 0 fully saturated rings. The second-order valence-electron chi connectivity index (χ2n) is 5.47. The van der Waals surface area contributed by atoms with Gasteiger partial charge < -0.3 is 15.1 Å². The number of nitrogens with one attached hydrogen (secondary N) is 2. The highest BCUT2D eigenvalue weighted by atomic mass is 35.5. The molecule has 0 aliphatic carbocycles. The van der Waals surface area contributed by atoms with Gasteiger partial charge in [-0.15, -0.1) is 0 Å². The maximum atomic E-state index is 6.22. The molecule has 8 heteroatoms. The molecule has 2 heterocycles. The molecule has 26 heavy (non-hydrogen) atoms. The number of benzene rings is 1. The van der Waals surface area contributed by atoms with Gasteiger partial charge in [0.2, 0.25) is 0 Å². The molecule has 0 saturated carbocycles. The number of rotatable bonds is 4. The molecular formula is C18H14Cl3N3OS. The molecule has 3 rings (SSSR count). The fourth-order valence-electron chi connectivity index (χ4n) is 2.21. The summed E-state index contributed by atoms with van der Waals surface area (Å²) in [7, 11) is 0. The first-order valence-corrected chi connectivity index (χ1v) is 9.18. The number of pyridine rings is 1. The number of aromatic nitrogens is 1. The number of hydrogen-bond acceptors (Lipinski definition) is 3. The van der Waals surface area contributed by atoms with E-state index in [0.717, 1.165) is 22.6 Å². The first kappa shape index (κ1) is 19.0. The maximum absolute atomic E-state index is 6.22. The van der Waals surface area contributed by atoms with Crippen LogP contribution in [0.5, 0.6) is 0 Å². The molecule has 3 aromatic rings. The van der Waals surface area contributed by atoms with Crippen LogP contribution in [0.15, 0.2) is 47.0 Å². The van der Waals surface area contributed by atoms with E-state index in [0.29, 0.717) is 32.5 Å². The second-order valence-corrected chi connectivity index (χ2v) is 7.10. The highest BCUT2D eigenvalue weighted by molar-refractivity contribution is 7.80. The molecule has 0 saturated heterocycles. The monoisotopic (exact) mass is 425 g/mol. The molecular weight excluding hydrogens is 413 g/mol. The topological polar surface area (TPSA) is 50.1 Å². The molecule has 0 bridgehead atoms. The minimum atomic E-state index is 0.380. The van der Waals surface area contributed by atoms with Crippen LogP contribution < -0.4 is 10.6 Å². The Morgan fingerprint density at radius 2 is 1.85 bits per heavy atom. The standard InChI is InChI=1S/C18H14Cl3N3OS/c1-10-14(20)9-22-17(16(10)21)24-18(26)23-8-13-6-7-15(25-13)11-2-4-12(19)5-3-11/h2-7,9H,8H2,1H3,(H2,22,23,24,26).